The Balaban J connectivity index is 2.35. The number of nitriles is 1. The molecule has 0 aliphatic carbocycles. The van der Waals surface area contributed by atoms with E-state index in [9.17, 15) is 4.39 Å². The van der Waals surface area contributed by atoms with Crippen LogP contribution in [0.3, 0.4) is 0 Å². The minimum Gasteiger partial charge on any atom is -0.367 e. The zero-order valence-electron chi connectivity index (χ0n) is 8.54. The van der Waals surface area contributed by atoms with Crippen LogP contribution in [-0.2, 0) is 0 Å². The Hall–Kier alpha value is -0.730. The van der Waals surface area contributed by atoms with E-state index in [4.69, 9.17) is 5.26 Å². The standard InChI is InChI=1S/C11H10BrFN2S/c12-10-8(7-14)1-2-9(11(10)13)15-3-5-16-6-4-15/h1-2H,3-6H2. The van der Waals surface area contributed by atoms with Gasteiger partial charge < -0.3 is 4.90 Å². The number of hydrogen-bond acceptors (Lipinski definition) is 3. The predicted molar refractivity (Wildman–Crippen MR) is 68.4 cm³/mol. The zero-order valence-corrected chi connectivity index (χ0v) is 10.9. The molecule has 2 rings (SSSR count). The first-order chi connectivity index (χ1) is 7.74. The monoisotopic (exact) mass is 300 g/mol. The second-order valence-electron chi connectivity index (χ2n) is 3.47. The van der Waals surface area contributed by atoms with E-state index in [1.54, 1.807) is 12.1 Å². The van der Waals surface area contributed by atoms with Crippen molar-refractivity contribution in [2.75, 3.05) is 29.5 Å². The van der Waals surface area contributed by atoms with E-state index in [-0.39, 0.29) is 10.3 Å². The summed E-state index contributed by atoms with van der Waals surface area (Å²) >= 11 is 5.01. The summed E-state index contributed by atoms with van der Waals surface area (Å²) in [6, 6.07) is 5.30. The number of nitrogens with zero attached hydrogens (tertiary/aromatic N) is 2. The molecule has 0 amide bonds. The molecule has 0 radical (unpaired) electrons. The summed E-state index contributed by atoms with van der Waals surface area (Å²) in [6.45, 7) is 1.72. The fourth-order valence-corrected chi connectivity index (χ4v) is 3.00. The van der Waals surface area contributed by atoms with Crippen molar-refractivity contribution in [2.24, 2.45) is 0 Å². The molecule has 1 saturated heterocycles. The molecule has 84 valence electrons. The van der Waals surface area contributed by atoms with Gasteiger partial charge in [0, 0.05) is 24.6 Å². The van der Waals surface area contributed by atoms with Gasteiger partial charge in [0.15, 0.2) is 5.82 Å². The highest BCUT2D eigenvalue weighted by Gasteiger charge is 2.18. The van der Waals surface area contributed by atoms with Gasteiger partial charge in [-0.15, -0.1) is 0 Å². The third-order valence-electron chi connectivity index (χ3n) is 2.53. The molecule has 0 aromatic heterocycles. The number of hydrogen-bond donors (Lipinski definition) is 0. The largest absolute Gasteiger partial charge is 0.367 e. The van der Waals surface area contributed by atoms with Gasteiger partial charge in [-0.1, -0.05) is 0 Å². The Morgan fingerprint density at radius 2 is 2.06 bits per heavy atom. The van der Waals surface area contributed by atoms with Crippen molar-refractivity contribution in [1.82, 2.24) is 0 Å². The molecule has 1 aromatic carbocycles. The number of benzene rings is 1. The molecule has 1 aliphatic rings. The smallest absolute Gasteiger partial charge is 0.161 e. The molecule has 1 heterocycles. The van der Waals surface area contributed by atoms with Crippen molar-refractivity contribution >= 4 is 33.4 Å². The lowest BCUT2D eigenvalue weighted by atomic mass is 10.2. The highest BCUT2D eigenvalue weighted by Crippen LogP contribution is 2.30. The summed E-state index contributed by atoms with van der Waals surface area (Å²) in [7, 11) is 0. The third-order valence-corrected chi connectivity index (χ3v) is 4.25. The first-order valence-electron chi connectivity index (χ1n) is 4.95. The zero-order chi connectivity index (χ0) is 11.5. The van der Waals surface area contributed by atoms with E-state index in [0.717, 1.165) is 24.6 Å². The van der Waals surface area contributed by atoms with Crippen LogP contribution in [0.2, 0.25) is 0 Å². The Bertz CT molecular complexity index is 438. The van der Waals surface area contributed by atoms with E-state index in [1.807, 2.05) is 22.7 Å². The van der Waals surface area contributed by atoms with Crippen molar-refractivity contribution < 1.29 is 4.39 Å². The molecule has 1 fully saturated rings. The van der Waals surface area contributed by atoms with Crippen LogP contribution in [0.4, 0.5) is 10.1 Å². The SMILES string of the molecule is N#Cc1ccc(N2CCSCC2)c(F)c1Br. The van der Waals surface area contributed by atoms with Crippen LogP contribution in [-0.4, -0.2) is 24.6 Å². The summed E-state index contributed by atoms with van der Waals surface area (Å²) in [5, 5.41) is 8.78. The van der Waals surface area contributed by atoms with Gasteiger partial charge in [0.05, 0.1) is 15.7 Å². The molecule has 5 heteroatoms. The second kappa shape index (κ2) is 5.07. The molecular formula is C11H10BrFN2S. The minimum absolute atomic E-state index is 0.269. The highest BCUT2D eigenvalue weighted by atomic mass is 79.9. The lowest BCUT2D eigenvalue weighted by Gasteiger charge is -2.29. The van der Waals surface area contributed by atoms with Crippen molar-refractivity contribution in [3.8, 4) is 6.07 Å². The van der Waals surface area contributed by atoms with Gasteiger partial charge in [0.2, 0.25) is 0 Å². The summed E-state index contributed by atoms with van der Waals surface area (Å²) in [5.41, 5.74) is 0.929. The van der Waals surface area contributed by atoms with Crippen LogP contribution in [0.5, 0.6) is 0 Å². The van der Waals surface area contributed by atoms with E-state index in [2.05, 4.69) is 15.9 Å². The fraction of sp³-hybridized carbons (Fsp3) is 0.364. The Morgan fingerprint density at radius 3 is 2.69 bits per heavy atom. The van der Waals surface area contributed by atoms with Crippen molar-refractivity contribution in [3.63, 3.8) is 0 Å². The third kappa shape index (κ3) is 2.18. The number of anilines is 1. The van der Waals surface area contributed by atoms with E-state index >= 15 is 0 Å². The van der Waals surface area contributed by atoms with Crippen LogP contribution in [0.25, 0.3) is 0 Å². The van der Waals surface area contributed by atoms with Crippen molar-refractivity contribution in [3.05, 3.63) is 28.0 Å². The molecule has 0 spiro atoms. The first-order valence-corrected chi connectivity index (χ1v) is 6.89. The fourth-order valence-electron chi connectivity index (χ4n) is 1.67. The van der Waals surface area contributed by atoms with E-state index in [0.29, 0.717) is 11.3 Å². The average molecular weight is 301 g/mol. The van der Waals surface area contributed by atoms with Gasteiger partial charge in [-0.2, -0.15) is 17.0 Å². The molecule has 0 unspecified atom stereocenters. The molecular weight excluding hydrogens is 291 g/mol. The van der Waals surface area contributed by atoms with Crippen LogP contribution >= 0.6 is 27.7 Å². The molecule has 0 bridgehead atoms. The van der Waals surface area contributed by atoms with Gasteiger partial charge in [0.25, 0.3) is 0 Å². The van der Waals surface area contributed by atoms with E-state index in [1.165, 1.54) is 0 Å². The number of halogens is 2. The van der Waals surface area contributed by atoms with E-state index < -0.39 is 0 Å². The maximum Gasteiger partial charge on any atom is 0.161 e. The van der Waals surface area contributed by atoms with Gasteiger partial charge >= 0.3 is 0 Å². The normalized spacial score (nSPS) is 15.9. The van der Waals surface area contributed by atoms with Gasteiger partial charge in [-0.25, -0.2) is 4.39 Å². The van der Waals surface area contributed by atoms with Crippen molar-refractivity contribution in [2.45, 2.75) is 0 Å². The predicted octanol–water partition coefficient (Wildman–Crippen LogP) is 3.01. The highest BCUT2D eigenvalue weighted by molar-refractivity contribution is 9.10. The maximum atomic E-state index is 14.0. The second-order valence-corrected chi connectivity index (χ2v) is 5.49. The molecule has 1 aliphatic heterocycles. The van der Waals surface area contributed by atoms with Crippen molar-refractivity contribution in [1.29, 1.82) is 5.26 Å². The molecule has 2 nitrogen and oxygen atoms in total. The van der Waals surface area contributed by atoms with Gasteiger partial charge in [-0.3, -0.25) is 0 Å². The summed E-state index contributed by atoms with van der Waals surface area (Å²) < 4.78 is 14.3. The molecule has 0 N–H and O–H groups in total. The summed E-state index contributed by atoms with van der Waals surface area (Å²) in [5.74, 6) is 1.72. The maximum absolute atomic E-state index is 14.0. The van der Waals surface area contributed by atoms with Crippen LogP contribution in [0.15, 0.2) is 16.6 Å². The molecule has 0 saturated carbocycles. The van der Waals surface area contributed by atoms with Crippen LogP contribution in [0, 0.1) is 17.1 Å². The lowest BCUT2D eigenvalue weighted by molar-refractivity contribution is 0.613. The van der Waals surface area contributed by atoms with Gasteiger partial charge in [0.1, 0.15) is 6.07 Å². The molecule has 0 atom stereocenters. The molecule has 1 aromatic rings. The number of thioether (sulfide) groups is 1. The average Bonchev–Trinajstić information content (AvgIpc) is 2.34. The topological polar surface area (TPSA) is 27.0 Å². The van der Waals surface area contributed by atoms with Gasteiger partial charge in [-0.05, 0) is 28.1 Å². The summed E-state index contributed by atoms with van der Waals surface area (Å²) in [4.78, 5) is 2.03. The Kier molecular flexibility index (Phi) is 3.72. The molecule has 16 heavy (non-hydrogen) atoms. The van der Waals surface area contributed by atoms with Crippen LogP contribution in [0.1, 0.15) is 5.56 Å². The Morgan fingerprint density at radius 1 is 1.38 bits per heavy atom. The van der Waals surface area contributed by atoms with Crippen LogP contribution < -0.4 is 4.90 Å². The Labute approximate surface area is 107 Å². The quantitative estimate of drug-likeness (QED) is 0.798. The first kappa shape index (κ1) is 11.7. The minimum atomic E-state index is -0.328. The lowest BCUT2D eigenvalue weighted by Crippen LogP contribution is -2.33. The number of rotatable bonds is 1. The summed E-state index contributed by atoms with van der Waals surface area (Å²) in [6.07, 6.45) is 0.